The molecule has 0 radical (unpaired) electrons. The topological polar surface area (TPSA) is 215 Å². The third kappa shape index (κ3) is 6.02. The number of aromatic amines is 2. The Morgan fingerprint density at radius 2 is 1.74 bits per heavy atom. The number of hydrogen-bond donors (Lipinski definition) is 4. The molecule has 5 heterocycles. The van der Waals surface area contributed by atoms with Crippen LogP contribution in [0.25, 0.3) is 0 Å². The summed E-state index contributed by atoms with van der Waals surface area (Å²) in [6, 6.07) is 1.13. The summed E-state index contributed by atoms with van der Waals surface area (Å²) >= 11 is 5.71. The highest BCUT2D eigenvalue weighted by atomic mass is 32.5. The molecule has 2 aromatic heterocycles. The molecule has 0 aromatic carbocycles. The Balaban J connectivity index is 1.43. The van der Waals surface area contributed by atoms with E-state index in [9.17, 15) is 29.4 Å². The Morgan fingerprint density at radius 1 is 1.02 bits per heavy atom. The molecule has 0 aliphatic carbocycles. The van der Waals surface area contributed by atoms with Crippen LogP contribution >= 0.6 is 6.72 Å². The predicted octanol–water partition coefficient (Wildman–Crippen LogP) is -2.15. The van der Waals surface area contributed by atoms with Crippen molar-refractivity contribution in [1.82, 2.24) is 19.1 Å². The molecule has 17 nitrogen and oxygen atoms in total. The first-order valence-electron chi connectivity index (χ1n) is 13.0. The van der Waals surface area contributed by atoms with Crippen molar-refractivity contribution in [2.45, 2.75) is 61.9 Å². The van der Waals surface area contributed by atoms with Gasteiger partial charge in [0.05, 0.1) is 19.8 Å². The van der Waals surface area contributed by atoms with Crippen molar-refractivity contribution in [3.8, 4) is 0 Å². The lowest BCUT2D eigenvalue weighted by Gasteiger charge is -2.30. The zero-order valence-electron chi connectivity index (χ0n) is 22.5. The number of fused-ring (bicyclic) bond motifs is 5. The van der Waals surface area contributed by atoms with Gasteiger partial charge in [0.25, 0.3) is 11.1 Å². The number of rotatable bonds is 6. The van der Waals surface area contributed by atoms with Crippen molar-refractivity contribution in [2.75, 3.05) is 34.0 Å². The van der Waals surface area contributed by atoms with Crippen LogP contribution < -0.4 is 22.5 Å². The fourth-order valence-corrected chi connectivity index (χ4v) is 7.30. The Bertz CT molecular complexity index is 1560. The van der Waals surface area contributed by atoms with E-state index in [1.54, 1.807) is 0 Å². The summed E-state index contributed by atoms with van der Waals surface area (Å²) in [5, 5.41) is 21.0. The van der Waals surface area contributed by atoms with E-state index in [0.717, 1.165) is 15.2 Å². The van der Waals surface area contributed by atoms with Crippen LogP contribution in [0.3, 0.4) is 0 Å². The van der Waals surface area contributed by atoms with Gasteiger partial charge in [-0.2, -0.15) is 0 Å². The summed E-state index contributed by atoms with van der Waals surface area (Å²) in [6.45, 7) is -4.63. The lowest BCUT2D eigenvalue weighted by Crippen LogP contribution is -2.40. The second-order valence-corrected chi connectivity index (χ2v) is 12.8. The SMILES string of the molecule is CO[C@@H]1[C@H](O)[C@H]2CO[P@@](=S)(O[C@H]3[C@@H](OC)[C@H](n4ccc(=O)[nH]c4=O)O[C@@H]3CO)OCCCc3cn(c(=O)[nH]c3=O)[C@@H]1O2. The molecular weight excluding hydrogens is 603 g/mol. The van der Waals surface area contributed by atoms with E-state index in [0.29, 0.717) is 0 Å². The summed E-state index contributed by atoms with van der Waals surface area (Å²) in [7, 11) is 2.69. The molecule has 232 valence electrons. The number of H-pyrrole nitrogens is 2. The molecular formula is C23H31N4O13PS. The van der Waals surface area contributed by atoms with Crippen molar-refractivity contribution in [3.63, 3.8) is 0 Å². The molecule has 2 aromatic rings. The maximum atomic E-state index is 12.6. The average Bonchev–Trinajstić information content (AvgIpc) is 3.46. The van der Waals surface area contributed by atoms with Gasteiger partial charge >= 0.3 is 18.1 Å². The molecule has 2 fully saturated rings. The van der Waals surface area contributed by atoms with Crippen LogP contribution in [-0.4, -0.2) is 100.0 Å². The number of aliphatic hydroxyl groups excluding tert-OH is 2. The van der Waals surface area contributed by atoms with E-state index in [1.807, 2.05) is 0 Å². The molecule has 4 N–H and O–H groups in total. The van der Waals surface area contributed by atoms with Crippen molar-refractivity contribution in [2.24, 2.45) is 0 Å². The number of hydrogen-bond acceptors (Lipinski definition) is 14. The van der Waals surface area contributed by atoms with E-state index in [1.165, 1.54) is 26.6 Å². The van der Waals surface area contributed by atoms with Gasteiger partial charge in [-0.15, -0.1) is 0 Å². The van der Waals surface area contributed by atoms with Crippen molar-refractivity contribution < 1.29 is 42.7 Å². The summed E-state index contributed by atoms with van der Waals surface area (Å²) in [5.74, 6) is 0. The van der Waals surface area contributed by atoms with Gasteiger partial charge in [0.15, 0.2) is 12.5 Å². The van der Waals surface area contributed by atoms with E-state index >= 15 is 0 Å². The third-order valence-corrected chi connectivity index (χ3v) is 9.61. The van der Waals surface area contributed by atoms with E-state index in [-0.39, 0.29) is 31.6 Å². The van der Waals surface area contributed by atoms with Crippen LogP contribution in [0.2, 0.25) is 0 Å². The molecule has 3 aliphatic rings. The van der Waals surface area contributed by atoms with Crippen LogP contribution in [0.5, 0.6) is 0 Å². The summed E-state index contributed by atoms with van der Waals surface area (Å²) in [4.78, 5) is 53.5. The standard InChI is InChI=1S/C23H31N4O13PS/c1-34-17-15(30)13-10-37-41(42,36-7-3-4-11-8-27(20(17)39-13)23(33)25-19(11)31)40-16-12(9-28)38-21(18(16)35-2)26-6-5-14(29)24-22(26)32/h5-6,8,12-13,15-18,20-21,28,30H,3-4,7,9-10H2,1-2H3,(H,24,29,32)(H,25,31,33)/t12-,13-,15-,16-,17-,18-,20-,21-,41-/m1/s1. The zero-order chi connectivity index (χ0) is 30.2. The first-order valence-corrected chi connectivity index (χ1v) is 15.5. The molecule has 5 rings (SSSR count). The van der Waals surface area contributed by atoms with Gasteiger partial charge in [-0.05, 0) is 24.6 Å². The van der Waals surface area contributed by atoms with Crippen LogP contribution in [0.4, 0.5) is 0 Å². The van der Waals surface area contributed by atoms with E-state index in [2.05, 4.69) is 9.97 Å². The lowest BCUT2D eigenvalue weighted by molar-refractivity contribution is -0.0643. The summed E-state index contributed by atoms with van der Waals surface area (Å²) < 4.78 is 43.1. The smallest absolute Gasteiger partial charge is 0.330 e. The molecule has 19 heteroatoms. The normalized spacial score (nSPS) is 35.3. The fourth-order valence-electron chi connectivity index (χ4n) is 5.16. The van der Waals surface area contributed by atoms with Crippen molar-refractivity contribution in [1.29, 1.82) is 0 Å². The van der Waals surface area contributed by atoms with Crippen LogP contribution in [-0.2, 0) is 50.7 Å². The highest BCUT2D eigenvalue weighted by Gasteiger charge is 2.51. The molecule has 2 saturated heterocycles. The maximum absolute atomic E-state index is 12.6. The minimum atomic E-state index is -3.72. The molecule has 9 atom stereocenters. The molecule has 4 bridgehead atoms. The third-order valence-electron chi connectivity index (χ3n) is 7.25. The van der Waals surface area contributed by atoms with Crippen LogP contribution in [0.15, 0.2) is 37.6 Å². The highest BCUT2D eigenvalue weighted by molar-refractivity contribution is 8.07. The number of methoxy groups -OCH3 is 2. The van der Waals surface area contributed by atoms with Gasteiger partial charge < -0.3 is 38.2 Å². The number of nitrogens with zero attached hydrogens (tertiary/aromatic N) is 2. The first kappa shape index (κ1) is 31.1. The number of nitrogens with one attached hydrogen (secondary N) is 2. The first-order chi connectivity index (χ1) is 20.1. The van der Waals surface area contributed by atoms with Crippen molar-refractivity contribution in [3.05, 3.63) is 65.7 Å². The monoisotopic (exact) mass is 634 g/mol. The molecule has 0 amide bonds. The number of aryl methyl sites for hydroxylation is 1. The Kier molecular flexibility index (Phi) is 9.41. The van der Waals surface area contributed by atoms with Gasteiger partial charge in [0.2, 0.25) is 0 Å². The predicted molar refractivity (Wildman–Crippen MR) is 145 cm³/mol. The average molecular weight is 635 g/mol. The number of ether oxygens (including phenoxy) is 4. The second kappa shape index (κ2) is 12.7. The minimum absolute atomic E-state index is 0.0220. The molecule has 42 heavy (non-hydrogen) atoms. The summed E-state index contributed by atoms with van der Waals surface area (Å²) in [5.41, 5.74) is -2.42. The van der Waals surface area contributed by atoms with Gasteiger partial charge in [-0.1, -0.05) is 0 Å². The zero-order valence-corrected chi connectivity index (χ0v) is 24.2. The van der Waals surface area contributed by atoms with Crippen molar-refractivity contribution >= 4 is 18.5 Å². The van der Waals surface area contributed by atoms with E-state index < -0.39 is 84.9 Å². The van der Waals surface area contributed by atoms with Gasteiger partial charge in [0, 0.05) is 38.2 Å². The summed E-state index contributed by atoms with van der Waals surface area (Å²) in [6.07, 6.45) is -5.60. The Morgan fingerprint density at radius 3 is 2.43 bits per heavy atom. The lowest BCUT2D eigenvalue weighted by atomic mass is 10.1. The largest absolute Gasteiger partial charge is 0.394 e. The van der Waals surface area contributed by atoms with Gasteiger partial charge in [0.1, 0.15) is 36.6 Å². The molecule has 0 saturated carbocycles. The quantitative estimate of drug-likeness (QED) is 0.250. The van der Waals surface area contributed by atoms with Crippen LogP contribution in [0.1, 0.15) is 24.4 Å². The van der Waals surface area contributed by atoms with Crippen LogP contribution in [0, 0.1) is 0 Å². The Hall–Kier alpha value is -2.35. The second-order valence-electron chi connectivity index (χ2n) is 9.79. The Labute approximate surface area is 242 Å². The molecule has 0 unspecified atom stereocenters. The maximum Gasteiger partial charge on any atom is 0.330 e. The van der Waals surface area contributed by atoms with E-state index in [4.69, 9.17) is 44.3 Å². The number of aromatic nitrogens is 4. The highest BCUT2D eigenvalue weighted by Crippen LogP contribution is 2.54. The number of aliphatic hydroxyl groups is 2. The fraction of sp³-hybridized carbons (Fsp3) is 0.652. The van der Waals surface area contributed by atoms with Gasteiger partial charge in [-0.3, -0.25) is 33.2 Å². The minimum Gasteiger partial charge on any atom is -0.394 e. The van der Waals surface area contributed by atoms with Gasteiger partial charge in [-0.25, -0.2) is 9.59 Å². The molecule has 3 aliphatic heterocycles. The molecule has 0 spiro atoms.